The topological polar surface area (TPSA) is 87.2 Å². The average Bonchev–Trinajstić information content (AvgIpc) is 1.52. The Kier molecular flexibility index (Phi) is 18.1. The van der Waals surface area contributed by atoms with Crippen molar-refractivity contribution in [3.8, 4) is 146 Å². The van der Waals surface area contributed by atoms with Gasteiger partial charge in [-0.3, -0.25) is 0 Å². The summed E-state index contributed by atoms with van der Waals surface area (Å²) >= 11 is 3.64. The number of aromatic nitrogens is 8. The van der Waals surface area contributed by atoms with Crippen LogP contribution in [0.1, 0.15) is 25.0 Å². The van der Waals surface area contributed by atoms with Crippen molar-refractivity contribution in [3.05, 3.63) is 436 Å². The fraction of sp³-hybridized carbons (Fsp3) is 0.0256. The zero-order valence-electron chi connectivity index (χ0n) is 69.3. The van der Waals surface area contributed by atoms with Gasteiger partial charge in [-0.15, -0.1) is 22.7 Å². The summed E-state index contributed by atoms with van der Waals surface area (Å²) in [6.07, 6.45) is 0. The van der Waals surface area contributed by atoms with Crippen molar-refractivity contribution in [1.29, 1.82) is 0 Å². The average molecular weight is 1660 g/mol. The van der Waals surface area contributed by atoms with Crippen LogP contribution in [0.5, 0.6) is 0 Å². The van der Waals surface area contributed by atoms with E-state index in [1.54, 1.807) is 11.3 Å². The van der Waals surface area contributed by atoms with Gasteiger partial charge in [0.15, 0.2) is 34.9 Å². The molecule has 0 unspecified atom stereocenters. The number of rotatable bonds is 13. The van der Waals surface area contributed by atoms with Gasteiger partial charge in [-0.1, -0.05) is 347 Å². The van der Waals surface area contributed by atoms with E-state index in [1.165, 1.54) is 129 Å². The van der Waals surface area contributed by atoms with E-state index >= 15 is 0 Å². The van der Waals surface area contributed by atoms with E-state index in [0.717, 1.165) is 77.3 Å². The smallest absolute Gasteiger partial charge is 0.165 e. The van der Waals surface area contributed by atoms with Crippen LogP contribution in [-0.2, 0) is 5.41 Å². The highest BCUT2D eigenvalue weighted by molar-refractivity contribution is 7.26. The molecule has 0 radical (unpaired) electrons. The van der Waals surface area contributed by atoms with Crippen LogP contribution in [0.3, 0.4) is 0 Å². The van der Waals surface area contributed by atoms with Gasteiger partial charge in [-0.2, -0.15) is 0 Å². The second kappa shape index (κ2) is 30.8. The summed E-state index contributed by atoms with van der Waals surface area (Å²) in [4.78, 5) is 30.7. The van der Waals surface area contributed by atoms with Crippen molar-refractivity contribution in [2.24, 2.45) is 0 Å². The Hall–Kier alpha value is -16.0. The van der Waals surface area contributed by atoms with Gasteiger partial charge in [-0.05, 0) is 152 Å². The van der Waals surface area contributed by atoms with Crippen molar-refractivity contribution in [2.45, 2.75) is 19.3 Å². The molecule has 18 aromatic carbocycles. The van der Waals surface area contributed by atoms with Crippen LogP contribution in [0, 0.1) is 0 Å². The molecule has 0 atom stereocenters. The van der Waals surface area contributed by atoms with Crippen LogP contribution >= 0.6 is 22.7 Å². The van der Waals surface area contributed by atoms with E-state index in [4.69, 9.17) is 29.9 Å². The highest BCUT2D eigenvalue weighted by Crippen LogP contribution is 2.53. The lowest BCUT2D eigenvalue weighted by Crippen LogP contribution is -2.15. The normalized spacial score (nSPS) is 12.2. The highest BCUT2D eigenvalue weighted by Gasteiger charge is 2.37. The summed E-state index contributed by atoms with van der Waals surface area (Å²) in [6, 6.07) is 152. The molecule has 0 saturated carbocycles. The first-order chi connectivity index (χ1) is 62.7. The molecular weight excluding hydrogens is 1580 g/mol. The quantitative estimate of drug-likeness (QED) is 0.114. The molecule has 8 nitrogen and oxygen atoms in total. The van der Waals surface area contributed by atoms with Crippen molar-refractivity contribution >= 4 is 107 Å². The Labute approximate surface area is 741 Å². The fourth-order valence-corrected chi connectivity index (χ4v) is 21.6. The van der Waals surface area contributed by atoms with E-state index in [2.05, 4.69) is 375 Å². The van der Waals surface area contributed by atoms with Gasteiger partial charge in [0.05, 0.1) is 33.4 Å². The second-order valence-corrected chi connectivity index (χ2v) is 35.3. The molecule has 6 heterocycles. The van der Waals surface area contributed by atoms with E-state index in [1.807, 2.05) is 84.1 Å². The molecular formula is C117H76N8S2. The lowest BCUT2D eigenvalue weighted by Gasteiger charge is -2.22. The molecule has 0 fully saturated rings. The third kappa shape index (κ3) is 13.0. The lowest BCUT2D eigenvalue weighted by molar-refractivity contribution is 0.661. The molecule has 10 heteroatoms. The molecule has 0 N–H and O–H groups in total. The second-order valence-electron chi connectivity index (χ2n) is 33.2. The third-order valence-corrected chi connectivity index (χ3v) is 27.7. The summed E-state index contributed by atoms with van der Waals surface area (Å²) in [6.45, 7) is 4.72. The number of nitrogens with zero attached hydrogens (tertiary/aromatic N) is 8. The largest absolute Gasteiger partial charge is 0.309 e. The molecule has 1 aliphatic carbocycles. The Morgan fingerprint density at radius 1 is 0.189 bits per heavy atom. The Morgan fingerprint density at radius 2 is 0.551 bits per heavy atom. The summed E-state index contributed by atoms with van der Waals surface area (Å²) in [5.74, 6) is 3.87. The molecule has 1 aliphatic rings. The van der Waals surface area contributed by atoms with E-state index in [9.17, 15) is 0 Å². The maximum Gasteiger partial charge on any atom is 0.165 e. The minimum Gasteiger partial charge on any atom is -0.309 e. The minimum atomic E-state index is -0.122. The highest BCUT2D eigenvalue weighted by atomic mass is 32.1. The molecule has 127 heavy (non-hydrogen) atoms. The third-order valence-electron chi connectivity index (χ3n) is 25.3. The number of hydrogen-bond acceptors (Lipinski definition) is 8. The SMILES string of the molecule is CC1(C)c2ccccc2-c2cc3c4ccccc4n(-c4ccccc4-c4cc(-c5nc(-c6ccccc6)nc(-c6ccccc6)n5)c5sc6ccccc6c5c4)c3cc21.c1ccc(-c2cccc(-c3ccc4c5ccccc5n(-c5ccccc5-c5cc(-c6cccc(-c7nc(-c8ccccc8)nc(-c8ccccc8)n7)c6)c6sc7ccccc7c6c5)c4c3)c2)cc1. The molecule has 24 aromatic rings. The summed E-state index contributed by atoms with van der Waals surface area (Å²) in [5, 5.41) is 9.85. The Morgan fingerprint density at radius 3 is 1.09 bits per heavy atom. The van der Waals surface area contributed by atoms with Gasteiger partial charge in [-0.25, -0.2) is 29.9 Å². The summed E-state index contributed by atoms with van der Waals surface area (Å²) < 4.78 is 9.85. The van der Waals surface area contributed by atoms with Crippen LogP contribution in [0.4, 0.5) is 0 Å². The van der Waals surface area contributed by atoms with Crippen LogP contribution < -0.4 is 0 Å². The molecule has 6 aromatic heterocycles. The Balaban J connectivity index is 0.000000143. The van der Waals surface area contributed by atoms with Crippen LogP contribution in [0.2, 0.25) is 0 Å². The van der Waals surface area contributed by atoms with Gasteiger partial charge in [0.25, 0.3) is 0 Å². The van der Waals surface area contributed by atoms with Gasteiger partial charge in [0.2, 0.25) is 0 Å². The van der Waals surface area contributed by atoms with Crippen molar-refractivity contribution in [1.82, 2.24) is 39.0 Å². The number of thiophene rings is 2. The van der Waals surface area contributed by atoms with Gasteiger partial charge in [0, 0.05) is 117 Å². The number of hydrogen-bond donors (Lipinski definition) is 0. The summed E-state index contributed by atoms with van der Waals surface area (Å²) in [5.41, 5.74) is 29.5. The molecule has 25 rings (SSSR count). The molecule has 0 amide bonds. The fourth-order valence-electron chi connectivity index (χ4n) is 19.2. The van der Waals surface area contributed by atoms with Gasteiger partial charge >= 0.3 is 0 Å². The number of benzene rings is 18. The van der Waals surface area contributed by atoms with Crippen LogP contribution in [0.25, 0.3) is 230 Å². The monoisotopic (exact) mass is 1660 g/mol. The van der Waals surface area contributed by atoms with Gasteiger partial charge < -0.3 is 9.13 Å². The standard InChI is InChI=1S/C63H40N4S.C54H36N4S/c1-4-18-41(19-5-1)44-24-16-25-45(36-44)46-34-35-52-51-29-11-14-32-57(51)67(58(52)40-46)56-31-13-10-28-50(56)49-38-54(60-55(39-49)53-30-12-15-33-59(53)68-60)47-26-17-27-48(37-47)63-65-61(42-20-6-2-7-21-42)64-62(66-63)43-22-8-3-9-23-43;1-54(2)44-25-13-9-22-37(44)40-31-41-38-23-11-15-27-47(38)58(48(41)32-45(40)54)46-26-14-10-21-36(46)35-29-42-39-24-12-16-28-49(39)59-50(42)43(30-35)53-56-51(33-17-5-3-6-18-33)55-52(57-53)34-19-7-4-8-20-34/h1-40H;3-32H,1-2H3. The van der Waals surface area contributed by atoms with E-state index < -0.39 is 0 Å². The van der Waals surface area contributed by atoms with Crippen LogP contribution in [-0.4, -0.2) is 39.0 Å². The minimum absolute atomic E-state index is 0.122. The zero-order chi connectivity index (χ0) is 84.2. The lowest BCUT2D eigenvalue weighted by atomic mass is 9.82. The molecule has 0 bridgehead atoms. The molecule has 0 saturated heterocycles. The molecule has 596 valence electrons. The Bertz CT molecular complexity index is 8370. The first-order valence-corrected chi connectivity index (χ1v) is 44.7. The molecule has 0 spiro atoms. The van der Waals surface area contributed by atoms with Gasteiger partial charge in [0.1, 0.15) is 0 Å². The van der Waals surface area contributed by atoms with E-state index in [-0.39, 0.29) is 5.41 Å². The van der Waals surface area contributed by atoms with Crippen LogP contribution in [0.15, 0.2) is 425 Å². The van der Waals surface area contributed by atoms with Crippen molar-refractivity contribution in [2.75, 3.05) is 0 Å². The molecule has 0 aliphatic heterocycles. The first-order valence-electron chi connectivity index (χ1n) is 43.0. The van der Waals surface area contributed by atoms with Crippen molar-refractivity contribution < 1.29 is 0 Å². The summed E-state index contributed by atoms with van der Waals surface area (Å²) in [7, 11) is 0. The van der Waals surface area contributed by atoms with E-state index in [0.29, 0.717) is 34.9 Å². The first kappa shape index (κ1) is 74.8. The number of fused-ring (bicyclic) bond motifs is 15. The maximum atomic E-state index is 5.25. The maximum absolute atomic E-state index is 5.25. The number of para-hydroxylation sites is 4. The zero-order valence-corrected chi connectivity index (χ0v) is 70.9. The van der Waals surface area contributed by atoms with Crippen molar-refractivity contribution in [3.63, 3.8) is 0 Å². The predicted octanol–water partition coefficient (Wildman–Crippen LogP) is 31.3. The predicted molar refractivity (Wildman–Crippen MR) is 531 cm³/mol.